The molecule has 2 heteroatoms. The molecule has 0 spiro atoms. The lowest BCUT2D eigenvalue weighted by molar-refractivity contribution is 0.144. The van der Waals surface area contributed by atoms with E-state index in [4.69, 9.17) is 0 Å². The van der Waals surface area contributed by atoms with Gasteiger partial charge in [-0.2, -0.15) is 0 Å². The molecule has 0 aromatic carbocycles. The molecule has 1 atom stereocenters. The van der Waals surface area contributed by atoms with Gasteiger partial charge in [0, 0.05) is 30.9 Å². The monoisotopic (exact) mass is 206 g/mol. The zero-order valence-corrected chi connectivity index (χ0v) is 10.1. The van der Waals surface area contributed by atoms with Crippen LogP contribution in [0.5, 0.6) is 0 Å². The lowest BCUT2D eigenvalue weighted by Crippen LogP contribution is -2.38. The van der Waals surface area contributed by atoms with Gasteiger partial charge in [-0.25, -0.2) is 0 Å². The van der Waals surface area contributed by atoms with E-state index in [1.54, 1.807) is 0 Å². The Hall–Kier alpha value is -0.760. The third-order valence-electron chi connectivity index (χ3n) is 3.37. The minimum absolute atomic E-state index is 0.625. The summed E-state index contributed by atoms with van der Waals surface area (Å²) in [6, 6.07) is 2.89. The summed E-state index contributed by atoms with van der Waals surface area (Å²) in [5.41, 5.74) is 2.99. The number of hydrogen-bond acceptors (Lipinski definition) is 1. The predicted octanol–water partition coefficient (Wildman–Crippen LogP) is 2.98. The van der Waals surface area contributed by atoms with Crippen LogP contribution in [0, 0.1) is 5.92 Å². The summed E-state index contributed by atoms with van der Waals surface area (Å²) < 4.78 is 0. The van der Waals surface area contributed by atoms with Crippen molar-refractivity contribution < 1.29 is 0 Å². The average molecular weight is 206 g/mol. The van der Waals surface area contributed by atoms with Crippen LogP contribution in [0.4, 0.5) is 0 Å². The first kappa shape index (κ1) is 10.7. The number of aromatic nitrogens is 1. The van der Waals surface area contributed by atoms with Gasteiger partial charge < -0.3 is 4.98 Å². The van der Waals surface area contributed by atoms with Crippen LogP contribution in [-0.2, 0) is 6.42 Å². The van der Waals surface area contributed by atoms with Crippen LogP contribution in [0.15, 0.2) is 12.3 Å². The third-order valence-corrected chi connectivity index (χ3v) is 3.37. The lowest BCUT2D eigenvalue weighted by Gasteiger charge is -2.38. The predicted molar refractivity (Wildman–Crippen MR) is 63.9 cm³/mol. The van der Waals surface area contributed by atoms with E-state index < -0.39 is 0 Å². The molecule has 0 amide bonds. The summed E-state index contributed by atoms with van der Waals surface area (Å²) in [7, 11) is 0. The SMILES string of the molecule is CCCN1CCc2[nH]ccc2C1C(C)C. The number of H-pyrrole nitrogens is 1. The first-order chi connectivity index (χ1) is 7.24. The number of nitrogens with one attached hydrogen (secondary N) is 1. The van der Waals surface area contributed by atoms with Gasteiger partial charge in [0.1, 0.15) is 0 Å². The van der Waals surface area contributed by atoms with Crippen molar-refractivity contribution >= 4 is 0 Å². The standard InChI is InChI=1S/C13H22N2/c1-4-8-15-9-6-12-11(5-7-14-12)13(15)10(2)3/h5,7,10,13-14H,4,6,8-9H2,1-3H3. The molecule has 2 rings (SSSR count). The topological polar surface area (TPSA) is 19.0 Å². The number of nitrogens with zero attached hydrogens (tertiary/aromatic N) is 1. The van der Waals surface area contributed by atoms with Crippen molar-refractivity contribution in [3.8, 4) is 0 Å². The maximum Gasteiger partial charge on any atom is 0.0388 e. The van der Waals surface area contributed by atoms with Crippen LogP contribution < -0.4 is 0 Å². The van der Waals surface area contributed by atoms with Crippen molar-refractivity contribution in [2.24, 2.45) is 5.92 Å². The van der Waals surface area contributed by atoms with Crippen LogP contribution in [-0.4, -0.2) is 23.0 Å². The Labute approximate surface area is 92.7 Å². The highest BCUT2D eigenvalue weighted by atomic mass is 15.2. The van der Waals surface area contributed by atoms with Gasteiger partial charge in [0.15, 0.2) is 0 Å². The van der Waals surface area contributed by atoms with Crippen molar-refractivity contribution in [2.75, 3.05) is 13.1 Å². The fraction of sp³-hybridized carbons (Fsp3) is 0.692. The van der Waals surface area contributed by atoms with E-state index in [0.29, 0.717) is 12.0 Å². The molecular formula is C13H22N2. The largest absolute Gasteiger partial charge is 0.365 e. The van der Waals surface area contributed by atoms with E-state index in [1.165, 1.54) is 37.2 Å². The van der Waals surface area contributed by atoms with E-state index in [-0.39, 0.29) is 0 Å². The first-order valence-corrected chi connectivity index (χ1v) is 6.14. The Kier molecular flexibility index (Phi) is 3.15. The van der Waals surface area contributed by atoms with Gasteiger partial charge in [0.05, 0.1) is 0 Å². The molecule has 1 N–H and O–H groups in total. The van der Waals surface area contributed by atoms with E-state index in [0.717, 1.165) is 0 Å². The first-order valence-electron chi connectivity index (χ1n) is 6.14. The Morgan fingerprint density at radius 1 is 1.53 bits per heavy atom. The second-order valence-corrected chi connectivity index (χ2v) is 4.89. The Morgan fingerprint density at radius 3 is 3.00 bits per heavy atom. The second-order valence-electron chi connectivity index (χ2n) is 4.89. The molecule has 2 nitrogen and oxygen atoms in total. The molecule has 1 aliphatic rings. The summed E-state index contributed by atoms with van der Waals surface area (Å²) in [6.07, 6.45) is 4.53. The van der Waals surface area contributed by atoms with Gasteiger partial charge in [0.25, 0.3) is 0 Å². The van der Waals surface area contributed by atoms with Crippen LogP contribution in [0.1, 0.15) is 44.5 Å². The molecule has 15 heavy (non-hydrogen) atoms. The van der Waals surface area contributed by atoms with E-state index >= 15 is 0 Å². The molecule has 0 fully saturated rings. The van der Waals surface area contributed by atoms with Crippen LogP contribution in [0.2, 0.25) is 0 Å². The molecule has 0 bridgehead atoms. The smallest absolute Gasteiger partial charge is 0.0388 e. The van der Waals surface area contributed by atoms with Crippen LogP contribution in [0.25, 0.3) is 0 Å². The minimum atomic E-state index is 0.625. The minimum Gasteiger partial charge on any atom is -0.365 e. The zero-order valence-electron chi connectivity index (χ0n) is 10.1. The third kappa shape index (κ3) is 1.96. The van der Waals surface area contributed by atoms with Gasteiger partial charge >= 0.3 is 0 Å². The van der Waals surface area contributed by atoms with Gasteiger partial charge in [-0.3, -0.25) is 4.90 Å². The van der Waals surface area contributed by atoms with Crippen LogP contribution in [0.3, 0.4) is 0 Å². The Bertz CT molecular complexity index is 314. The number of hydrogen-bond donors (Lipinski definition) is 1. The highest BCUT2D eigenvalue weighted by Crippen LogP contribution is 2.34. The molecule has 0 aliphatic carbocycles. The molecule has 1 aliphatic heterocycles. The highest BCUT2D eigenvalue weighted by Gasteiger charge is 2.29. The van der Waals surface area contributed by atoms with Gasteiger partial charge in [0.2, 0.25) is 0 Å². The lowest BCUT2D eigenvalue weighted by atomic mass is 9.90. The van der Waals surface area contributed by atoms with Gasteiger partial charge in [-0.15, -0.1) is 0 Å². The summed E-state index contributed by atoms with van der Waals surface area (Å²) in [5.74, 6) is 0.700. The molecule has 84 valence electrons. The summed E-state index contributed by atoms with van der Waals surface area (Å²) >= 11 is 0. The second kappa shape index (κ2) is 4.40. The zero-order chi connectivity index (χ0) is 10.8. The average Bonchev–Trinajstić information content (AvgIpc) is 2.64. The Balaban J connectivity index is 2.26. The Morgan fingerprint density at radius 2 is 2.33 bits per heavy atom. The maximum absolute atomic E-state index is 3.38. The van der Waals surface area contributed by atoms with Gasteiger partial charge in [-0.1, -0.05) is 20.8 Å². The van der Waals surface area contributed by atoms with Crippen molar-refractivity contribution in [3.63, 3.8) is 0 Å². The fourth-order valence-electron chi connectivity index (χ4n) is 2.82. The summed E-state index contributed by atoms with van der Waals surface area (Å²) in [6.45, 7) is 9.37. The molecule has 0 radical (unpaired) electrons. The fourth-order valence-corrected chi connectivity index (χ4v) is 2.82. The van der Waals surface area contributed by atoms with E-state index in [1.807, 2.05) is 0 Å². The summed E-state index contributed by atoms with van der Waals surface area (Å²) in [4.78, 5) is 6.02. The molecule has 1 aromatic rings. The number of fused-ring (bicyclic) bond motifs is 1. The molecular weight excluding hydrogens is 184 g/mol. The summed E-state index contributed by atoms with van der Waals surface area (Å²) in [5, 5.41) is 0. The molecule has 1 unspecified atom stereocenters. The number of rotatable bonds is 3. The molecule has 0 saturated heterocycles. The van der Waals surface area contributed by atoms with Gasteiger partial charge in [-0.05, 0) is 30.5 Å². The van der Waals surface area contributed by atoms with Crippen molar-refractivity contribution in [3.05, 3.63) is 23.5 Å². The molecule has 1 aromatic heterocycles. The van der Waals surface area contributed by atoms with Crippen molar-refractivity contribution in [1.29, 1.82) is 0 Å². The maximum atomic E-state index is 3.38. The van der Waals surface area contributed by atoms with Crippen molar-refractivity contribution in [1.82, 2.24) is 9.88 Å². The quantitative estimate of drug-likeness (QED) is 0.805. The van der Waals surface area contributed by atoms with Crippen molar-refractivity contribution in [2.45, 2.75) is 39.7 Å². The highest BCUT2D eigenvalue weighted by molar-refractivity contribution is 5.27. The van der Waals surface area contributed by atoms with E-state index in [9.17, 15) is 0 Å². The van der Waals surface area contributed by atoms with Crippen LogP contribution >= 0.6 is 0 Å². The normalized spacial score (nSPS) is 22.0. The molecule has 0 saturated carbocycles. The molecule has 2 heterocycles. The van der Waals surface area contributed by atoms with E-state index in [2.05, 4.69) is 42.9 Å². The number of aromatic amines is 1.